The normalized spacial score (nSPS) is 11.8. The molecule has 1 aromatic rings. The maximum absolute atomic E-state index is 11.3. The van der Waals surface area contributed by atoms with Crippen LogP contribution < -0.4 is 9.47 Å². The highest BCUT2D eigenvalue weighted by atomic mass is 16.5. The molecular formula is C12H16O5. The van der Waals surface area contributed by atoms with Gasteiger partial charge in [-0.05, 0) is 19.1 Å². The fraction of sp³-hybridized carbons (Fsp3) is 0.417. The Balaban J connectivity index is 3.08. The fourth-order valence-electron chi connectivity index (χ4n) is 1.39. The van der Waals surface area contributed by atoms with Crippen molar-refractivity contribution in [1.29, 1.82) is 0 Å². The second kappa shape index (κ2) is 6.10. The Labute approximate surface area is 99.9 Å². The predicted octanol–water partition coefficient (Wildman–Crippen LogP) is 1.30. The summed E-state index contributed by atoms with van der Waals surface area (Å²) in [6.45, 7) is 2.24. The first-order valence-electron chi connectivity index (χ1n) is 5.20. The molecule has 0 spiro atoms. The summed E-state index contributed by atoms with van der Waals surface area (Å²) in [6.07, 6.45) is -1.35. The Hall–Kier alpha value is -1.75. The van der Waals surface area contributed by atoms with Crippen LogP contribution in [-0.4, -0.2) is 31.9 Å². The molecule has 0 bridgehead atoms. The first kappa shape index (κ1) is 13.3. The summed E-state index contributed by atoms with van der Waals surface area (Å²) in [4.78, 5) is 11.3. The smallest absolute Gasteiger partial charge is 0.339 e. The molecule has 0 heterocycles. The van der Waals surface area contributed by atoms with E-state index in [1.54, 1.807) is 18.2 Å². The monoisotopic (exact) mass is 240 g/mol. The molecule has 1 unspecified atom stereocenters. The van der Waals surface area contributed by atoms with Crippen LogP contribution in [0, 0.1) is 0 Å². The minimum absolute atomic E-state index is 0.361. The van der Waals surface area contributed by atoms with Crippen molar-refractivity contribution in [1.82, 2.24) is 0 Å². The SMILES string of the molecule is CCOc1cc(OC)ccc1C(O)C(=O)OC. The summed E-state index contributed by atoms with van der Waals surface area (Å²) in [7, 11) is 2.75. The largest absolute Gasteiger partial charge is 0.497 e. The maximum Gasteiger partial charge on any atom is 0.339 e. The number of benzene rings is 1. The Kier molecular flexibility index (Phi) is 4.78. The molecule has 0 aliphatic carbocycles. The van der Waals surface area contributed by atoms with Crippen molar-refractivity contribution in [3.05, 3.63) is 23.8 Å². The standard InChI is InChI=1S/C12H16O5/c1-4-17-10-7-8(15-2)5-6-9(10)11(13)12(14)16-3/h5-7,11,13H,4H2,1-3H3. The maximum atomic E-state index is 11.3. The lowest BCUT2D eigenvalue weighted by Gasteiger charge is -2.15. The second-order valence-corrected chi connectivity index (χ2v) is 3.26. The zero-order valence-electron chi connectivity index (χ0n) is 10.1. The van der Waals surface area contributed by atoms with Crippen LogP contribution in [0.5, 0.6) is 11.5 Å². The number of methoxy groups -OCH3 is 2. The summed E-state index contributed by atoms with van der Waals surface area (Å²) < 4.78 is 14.9. The van der Waals surface area contributed by atoms with Gasteiger partial charge in [-0.25, -0.2) is 4.79 Å². The Morgan fingerprint density at radius 1 is 1.41 bits per heavy atom. The molecule has 1 aromatic carbocycles. The number of carbonyl (C=O) groups is 1. The van der Waals surface area contributed by atoms with Crippen molar-refractivity contribution in [2.24, 2.45) is 0 Å². The van der Waals surface area contributed by atoms with E-state index < -0.39 is 12.1 Å². The van der Waals surface area contributed by atoms with E-state index in [0.29, 0.717) is 23.7 Å². The third kappa shape index (κ3) is 3.10. The molecular weight excluding hydrogens is 224 g/mol. The summed E-state index contributed by atoms with van der Waals surface area (Å²) in [5.74, 6) is 0.273. The highest BCUT2D eigenvalue weighted by molar-refractivity contribution is 5.77. The number of carbonyl (C=O) groups excluding carboxylic acids is 1. The van der Waals surface area contributed by atoms with E-state index in [0.717, 1.165) is 0 Å². The Morgan fingerprint density at radius 2 is 2.12 bits per heavy atom. The molecule has 1 N–H and O–H groups in total. The van der Waals surface area contributed by atoms with Crippen molar-refractivity contribution >= 4 is 5.97 Å². The van der Waals surface area contributed by atoms with Gasteiger partial charge in [0, 0.05) is 11.6 Å². The van der Waals surface area contributed by atoms with Gasteiger partial charge in [0.1, 0.15) is 11.5 Å². The zero-order chi connectivity index (χ0) is 12.8. The number of hydrogen-bond donors (Lipinski definition) is 1. The molecule has 0 saturated heterocycles. The molecule has 0 radical (unpaired) electrons. The average Bonchev–Trinajstić information content (AvgIpc) is 2.37. The van der Waals surface area contributed by atoms with Crippen LogP contribution in [0.3, 0.4) is 0 Å². The van der Waals surface area contributed by atoms with E-state index in [1.165, 1.54) is 14.2 Å². The van der Waals surface area contributed by atoms with Crippen LogP contribution >= 0.6 is 0 Å². The van der Waals surface area contributed by atoms with Gasteiger partial charge in [-0.1, -0.05) is 0 Å². The number of aliphatic hydroxyl groups excluding tert-OH is 1. The van der Waals surface area contributed by atoms with Crippen LogP contribution in [-0.2, 0) is 9.53 Å². The number of ether oxygens (including phenoxy) is 3. The minimum Gasteiger partial charge on any atom is -0.497 e. The van der Waals surface area contributed by atoms with Crippen LogP contribution in [0.15, 0.2) is 18.2 Å². The van der Waals surface area contributed by atoms with E-state index in [1.807, 2.05) is 6.92 Å². The summed E-state index contributed by atoms with van der Waals surface area (Å²) in [5, 5.41) is 9.76. The van der Waals surface area contributed by atoms with Crippen LogP contribution in [0.1, 0.15) is 18.6 Å². The van der Waals surface area contributed by atoms with Crippen molar-refractivity contribution in [3.63, 3.8) is 0 Å². The Bertz CT molecular complexity index is 388. The van der Waals surface area contributed by atoms with Crippen LogP contribution in [0.2, 0.25) is 0 Å². The summed E-state index contributed by atoms with van der Waals surface area (Å²) in [6, 6.07) is 4.83. The highest BCUT2D eigenvalue weighted by Gasteiger charge is 2.22. The van der Waals surface area contributed by atoms with E-state index >= 15 is 0 Å². The first-order valence-corrected chi connectivity index (χ1v) is 5.20. The number of hydrogen-bond acceptors (Lipinski definition) is 5. The second-order valence-electron chi connectivity index (χ2n) is 3.26. The molecule has 0 aliphatic heterocycles. The number of esters is 1. The van der Waals surface area contributed by atoms with Gasteiger partial charge in [0.05, 0.1) is 20.8 Å². The minimum atomic E-state index is -1.35. The third-order valence-electron chi connectivity index (χ3n) is 2.24. The van der Waals surface area contributed by atoms with Gasteiger partial charge in [-0.3, -0.25) is 0 Å². The lowest BCUT2D eigenvalue weighted by atomic mass is 10.1. The van der Waals surface area contributed by atoms with Crippen molar-refractivity contribution in [2.75, 3.05) is 20.8 Å². The molecule has 5 heteroatoms. The molecule has 0 saturated carbocycles. The summed E-state index contributed by atoms with van der Waals surface area (Å²) in [5.41, 5.74) is 0.361. The fourth-order valence-corrected chi connectivity index (χ4v) is 1.39. The van der Waals surface area contributed by atoms with Gasteiger partial charge < -0.3 is 19.3 Å². The average molecular weight is 240 g/mol. The topological polar surface area (TPSA) is 65.0 Å². The van der Waals surface area contributed by atoms with Crippen molar-refractivity contribution in [2.45, 2.75) is 13.0 Å². The zero-order valence-corrected chi connectivity index (χ0v) is 10.1. The molecule has 0 amide bonds. The van der Waals surface area contributed by atoms with Gasteiger partial charge in [0.25, 0.3) is 0 Å². The predicted molar refractivity (Wildman–Crippen MR) is 61.1 cm³/mol. The molecule has 5 nitrogen and oxygen atoms in total. The van der Waals surface area contributed by atoms with Gasteiger partial charge in [0.2, 0.25) is 0 Å². The molecule has 17 heavy (non-hydrogen) atoms. The number of aliphatic hydroxyl groups is 1. The molecule has 94 valence electrons. The quantitative estimate of drug-likeness (QED) is 0.786. The lowest BCUT2D eigenvalue weighted by Crippen LogP contribution is -2.14. The van der Waals surface area contributed by atoms with Gasteiger partial charge in [0.15, 0.2) is 6.10 Å². The third-order valence-corrected chi connectivity index (χ3v) is 2.24. The lowest BCUT2D eigenvalue weighted by molar-refractivity contribution is -0.150. The Morgan fingerprint density at radius 3 is 2.65 bits per heavy atom. The van der Waals surface area contributed by atoms with E-state index in [2.05, 4.69) is 4.74 Å². The number of rotatable bonds is 5. The molecule has 1 rings (SSSR count). The van der Waals surface area contributed by atoms with Crippen LogP contribution in [0.25, 0.3) is 0 Å². The van der Waals surface area contributed by atoms with E-state index in [-0.39, 0.29) is 0 Å². The van der Waals surface area contributed by atoms with Crippen molar-refractivity contribution in [3.8, 4) is 11.5 Å². The molecule has 0 fully saturated rings. The van der Waals surface area contributed by atoms with Gasteiger partial charge >= 0.3 is 5.97 Å². The van der Waals surface area contributed by atoms with E-state index in [9.17, 15) is 9.90 Å². The first-order chi connectivity index (χ1) is 8.13. The van der Waals surface area contributed by atoms with Crippen molar-refractivity contribution < 1.29 is 24.1 Å². The summed E-state index contributed by atoms with van der Waals surface area (Å²) >= 11 is 0. The highest BCUT2D eigenvalue weighted by Crippen LogP contribution is 2.30. The van der Waals surface area contributed by atoms with Gasteiger partial charge in [-0.2, -0.15) is 0 Å². The molecule has 0 aliphatic rings. The molecule has 0 aromatic heterocycles. The molecule has 1 atom stereocenters. The van der Waals surface area contributed by atoms with Gasteiger partial charge in [-0.15, -0.1) is 0 Å². The van der Waals surface area contributed by atoms with E-state index in [4.69, 9.17) is 9.47 Å². The van der Waals surface area contributed by atoms with Crippen LogP contribution in [0.4, 0.5) is 0 Å².